The van der Waals surface area contributed by atoms with Gasteiger partial charge in [0.2, 0.25) is 0 Å². The lowest BCUT2D eigenvalue weighted by Crippen LogP contribution is -2.08. The van der Waals surface area contributed by atoms with Gasteiger partial charge < -0.3 is 9.47 Å². The molecule has 0 N–H and O–H groups in total. The third-order valence-corrected chi connectivity index (χ3v) is 1.56. The van der Waals surface area contributed by atoms with Gasteiger partial charge in [-0.05, 0) is 12.5 Å². The van der Waals surface area contributed by atoms with E-state index in [0.717, 1.165) is 0 Å². The second kappa shape index (κ2) is 2.09. The Morgan fingerprint density at radius 3 is 3.30 bits per heavy atom. The number of alkyl halides is 1. The van der Waals surface area contributed by atoms with Crippen molar-refractivity contribution in [2.45, 2.75) is 19.1 Å². The van der Waals surface area contributed by atoms with Gasteiger partial charge in [0.1, 0.15) is 11.9 Å². The zero-order valence-electron chi connectivity index (χ0n) is 5.29. The number of ether oxygens (including phenoxy) is 2. The molecule has 1 fully saturated rings. The quantitative estimate of drug-likeness (QED) is 0.510. The Kier molecular flexibility index (Phi) is 1.24. The summed E-state index contributed by atoms with van der Waals surface area (Å²) < 4.78 is 21.8. The van der Waals surface area contributed by atoms with Crippen LogP contribution in [-0.2, 0) is 9.47 Å². The lowest BCUT2D eigenvalue weighted by molar-refractivity contribution is -0.143. The molecule has 0 radical (unpaired) electrons. The Morgan fingerprint density at radius 2 is 2.50 bits per heavy atom. The Labute approximate surface area is 57.9 Å². The molecule has 0 amide bonds. The molecule has 2 rings (SSSR count). The van der Waals surface area contributed by atoms with Gasteiger partial charge in [-0.1, -0.05) is 12.2 Å². The highest BCUT2D eigenvalue weighted by Gasteiger charge is 2.31. The fraction of sp³-hybridized carbons (Fsp3) is 0.429. The van der Waals surface area contributed by atoms with Gasteiger partial charge in [-0.25, -0.2) is 0 Å². The summed E-state index contributed by atoms with van der Waals surface area (Å²) in [6, 6.07) is 0. The topological polar surface area (TPSA) is 18.5 Å². The maximum atomic E-state index is 12.3. The van der Waals surface area contributed by atoms with E-state index < -0.39 is 6.54 Å². The van der Waals surface area contributed by atoms with Crippen molar-refractivity contribution in [3.8, 4) is 0 Å². The second-order valence-electron chi connectivity index (χ2n) is 2.25. The molecule has 2 aliphatic rings. The molecule has 1 saturated heterocycles. The van der Waals surface area contributed by atoms with Crippen LogP contribution in [0.2, 0.25) is 0 Å². The highest BCUT2D eigenvalue weighted by atomic mass is 19.2. The minimum absolute atomic E-state index is 0.181. The van der Waals surface area contributed by atoms with Crippen LogP contribution in [0, 0.1) is 0 Å². The van der Waals surface area contributed by atoms with Gasteiger partial charge in [0.15, 0.2) is 0 Å². The first kappa shape index (κ1) is 5.92. The van der Waals surface area contributed by atoms with Crippen LogP contribution in [0.15, 0.2) is 24.0 Å². The normalized spacial score (nSPS) is 36.7. The molecule has 1 aliphatic carbocycles. The van der Waals surface area contributed by atoms with Crippen molar-refractivity contribution in [3.05, 3.63) is 24.0 Å². The van der Waals surface area contributed by atoms with E-state index in [2.05, 4.69) is 4.74 Å². The van der Waals surface area contributed by atoms with Crippen molar-refractivity contribution >= 4 is 0 Å². The number of rotatable bonds is 0. The Bertz CT molecular complexity index is 198. The summed E-state index contributed by atoms with van der Waals surface area (Å²) in [5, 5.41) is 0. The van der Waals surface area contributed by atoms with Crippen LogP contribution < -0.4 is 0 Å². The van der Waals surface area contributed by atoms with Crippen LogP contribution in [0.5, 0.6) is 0 Å². The van der Waals surface area contributed by atoms with Crippen molar-refractivity contribution in [1.29, 1.82) is 0 Å². The molecule has 0 spiro atoms. The van der Waals surface area contributed by atoms with Crippen molar-refractivity contribution in [2.24, 2.45) is 0 Å². The van der Waals surface area contributed by atoms with E-state index in [9.17, 15) is 4.39 Å². The van der Waals surface area contributed by atoms with Crippen LogP contribution in [-0.4, -0.2) is 12.6 Å². The molecule has 10 heavy (non-hydrogen) atoms. The maximum absolute atomic E-state index is 12.3. The fourth-order valence-corrected chi connectivity index (χ4v) is 1.09. The third-order valence-electron chi connectivity index (χ3n) is 1.56. The molecule has 0 saturated carbocycles. The van der Waals surface area contributed by atoms with Crippen LogP contribution in [0.1, 0.15) is 6.42 Å². The summed E-state index contributed by atoms with van der Waals surface area (Å²) in [7, 11) is 0. The van der Waals surface area contributed by atoms with Crippen molar-refractivity contribution < 1.29 is 13.9 Å². The molecule has 2 nitrogen and oxygen atoms in total. The van der Waals surface area contributed by atoms with Gasteiger partial charge in [0, 0.05) is 0 Å². The predicted molar refractivity (Wildman–Crippen MR) is 32.7 cm³/mol. The van der Waals surface area contributed by atoms with Gasteiger partial charge in [-0.15, -0.1) is 0 Å². The zero-order valence-corrected chi connectivity index (χ0v) is 5.29. The van der Waals surface area contributed by atoms with Crippen molar-refractivity contribution in [2.75, 3.05) is 0 Å². The third kappa shape index (κ3) is 0.827. The van der Waals surface area contributed by atoms with E-state index in [1.807, 2.05) is 12.2 Å². The lowest BCUT2D eigenvalue weighted by atomic mass is 10.1. The molecular formula is C7H7FO2. The van der Waals surface area contributed by atoms with Gasteiger partial charge in [0.25, 0.3) is 0 Å². The lowest BCUT2D eigenvalue weighted by Gasteiger charge is -2.06. The molecule has 0 aromatic heterocycles. The SMILES string of the molecule is FC1OC2=CC=CCC2O1. The molecule has 2 atom stereocenters. The summed E-state index contributed by atoms with van der Waals surface area (Å²) in [4.78, 5) is 0. The largest absolute Gasteiger partial charge is 0.440 e. The fourth-order valence-electron chi connectivity index (χ4n) is 1.09. The average Bonchev–Trinajstić information content (AvgIpc) is 2.27. The summed E-state index contributed by atoms with van der Waals surface area (Å²) >= 11 is 0. The highest BCUT2D eigenvalue weighted by Crippen LogP contribution is 2.28. The number of fused-ring (bicyclic) bond motifs is 1. The highest BCUT2D eigenvalue weighted by molar-refractivity contribution is 5.19. The number of allylic oxidation sites excluding steroid dienone is 2. The average molecular weight is 142 g/mol. The molecule has 1 aliphatic heterocycles. The number of halogens is 1. The van der Waals surface area contributed by atoms with E-state index in [4.69, 9.17) is 4.74 Å². The van der Waals surface area contributed by atoms with Crippen molar-refractivity contribution in [1.82, 2.24) is 0 Å². The summed E-state index contributed by atoms with van der Waals surface area (Å²) in [6.45, 7) is -1.56. The molecule has 2 unspecified atom stereocenters. The standard InChI is InChI=1S/C7H7FO2/c8-7-9-5-3-1-2-4-6(5)10-7/h1-3,6-7H,4H2. The first-order valence-corrected chi connectivity index (χ1v) is 3.19. The summed E-state index contributed by atoms with van der Waals surface area (Å²) in [6.07, 6.45) is 6.03. The Morgan fingerprint density at radius 1 is 1.60 bits per heavy atom. The molecule has 1 heterocycles. The van der Waals surface area contributed by atoms with Crippen molar-refractivity contribution in [3.63, 3.8) is 0 Å². The van der Waals surface area contributed by atoms with Crippen LogP contribution in [0.4, 0.5) is 4.39 Å². The summed E-state index contributed by atoms with van der Waals surface area (Å²) in [5.41, 5.74) is 0. The van der Waals surface area contributed by atoms with E-state index in [-0.39, 0.29) is 6.10 Å². The first-order valence-electron chi connectivity index (χ1n) is 3.19. The smallest absolute Gasteiger partial charge is 0.353 e. The maximum Gasteiger partial charge on any atom is 0.353 e. The van der Waals surface area contributed by atoms with Gasteiger partial charge in [-0.3, -0.25) is 0 Å². The van der Waals surface area contributed by atoms with E-state index in [1.54, 1.807) is 6.08 Å². The minimum atomic E-state index is -1.56. The van der Waals surface area contributed by atoms with Gasteiger partial charge >= 0.3 is 6.54 Å². The van der Waals surface area contributed by atoms with E-state index in [1.165, 1.54) is 0 Å². The van der Waals surface area contributed by atoms with Gasteiger partial charge in [-0.2, -0.15) is 4.39 Å². The minimum Gasteiger partial charge on any atom is -0.440 e. The zero-order chi connectivity index (χ0) is 6.97. The van der Waals surface area contributed by atoms with Crippen LogP contribution in [0.3, 0.4) is 0 Å². The Balaban J connectivity index is 2.18. The molecule has 0 bridgehead atoms. The molecule has 54 valence electrons. The number of hydrogen-bond donors (Lipinski definition) is 0. The van der Waals surface area contributed by atoms with Crippen LogP contribution >= 0.6 is 0 Å². The molecule has 0 aromatic carbocycles. The molecule has 0 aromatic rings. The second-order valence-corrected chi connectivity index (χ2v) is 2.25. The predicted octanol–water partition coefficient (Wildman–Crippen LogP) is 1.50. The number of hydrogen-bond acceptors (Lipinski definition) is 2. The monoisotopic (exact) mass is 142 g/mol. The van der Waals surface area contributed by atoms with Gasteiger partial charge in [0.05, 0.1) is 0 Å². The molecular weight excluding hydrogens is 135 g/mol. The van der Waals surface area contributed by atoms with E-state index in [0.29, 0.717) is 12.2 Å². The molecule has 3 heteroatoms. The first-order chi connectivity index (χ1) is 4.86. The summed E-state index contributed by atoms with van der Waals surface area (Å²) in [5.74, 6) is 0.606. The van der Waals surface area contributed by atoms with E-state index >= 15 is 0 Å². The Hall–Kier alpha value is -0.830. The van der Waals surface area contributed by atoms with Crippen LogP contribution in [0.25, 0.3) is 0 Å².